The SMILES string of the molecule is CC(C)CC(NC(=O)N1C(C)CCCC1C)C(=O)O. The van der Waals surface area contributed by atoms with E-state index in [9.17, 15) is 9.59 Å². The Labute approximate surface area is 115 Å². The summed E-state index contributed by atoms with van der Waals surface area (Å²) in [4.78, 5) is 25.2. The number of nitrogens with zero attached hydrogens (tertiary/aromatic N) is 1. The number of amides is 2. The van der Waals surface area contributed by atoms with Crippen LogP contribution < -0.4 is 5.32 Å². The lowest BCUT2D eigenvalue weighted by Crippen LogP contribution is -2.55. The first kappa shape index (κ1) is 15.8. The van der Waals surface area contributed by atoms with Crippen LogP contribution in [-0.4, -0.2) is 40.1 Å². The van der Waals surface area contributed by atoms with Gasteiger partial charge in [0.15, 0.2) is 0 Å². The maximum atomic E-state index is 12.3. The first-order valence-electron chi connectivity index (χ1n) is 7.14. The molecule has 0 aliphatic carbocycles. The summed E-state index contributed by atoms with van der Waals surface area (Å²) in [6.45, 7) is 7.95. The number of carboxylic acids is 1. The van der Waals surface area contributed by atoms with Crippen LogP contribution in [0, 0.1) is 5.92 Å². The number of aliphatic carboxylic acids is 1. The summed E-state index contributed by atoms with van der Waals surface area (Å²) in [7, 11) is 0. The van der Waals surface area contributed by atoms with E-state index in [1.807, 2.05) is 27.7 Å². The lowest BCUT2D eigenvalue weighted by Gasteiger charge is -2.39. The second-order valence-corrected chi connectivity index (χ2v) is 6.01. The van der Waals surface area contributed by atoms with E-state index in [4.69, 9.17) is 5.11 Å². The topological polar surface area (TPSA) is 69.6 Å². The third-order valence-electron chi connectivity index (χ3n) is 3.73. The van der Waals surface area contributed by atoms with Crippen molar-refractivity contribution in [3.8, 4) is 0 Å². The van der Waals surface area contributed by atoms with E-state index >= 15 is 0 Å². The summed E-state index contributed by atoms with van der Waals surface area (Å²) in [5.41, 5.74) is 0. The number of hydrogen-bond acceptors (Lipinski definition) is 2. The van der Waals surface area contributed by atoms with Crippen molar-refractivity contribution in [2.45, 2.75) is 71.5 Å². The van der Waals surface area contributed by atoms with Gasteiger partial charge in [0.2, 0.25) is 0 Å². The minimum absolute atomic E-state index is 0.178. The Morgan fingerprint density at radius 2 is 1.79 bits per heavy atom. The van der Waals surface area contributed by atoms with Crippen molar-refractivity contribution < 1.29 is 14.7 Å². The fourth-order valence-electron chi connectivity index (χ4n) is 2.74. The predicted octanol–water partition coefficient (Wildman–Crippen LogP) is 2.46. The molecule has 0 radical (unpaired) electrons. The van der Waals surface area contributed by atoms with E-state index in [2.05, 4.69) is 5.32 Å². The van der Waals surface area contributed by atoms with Gasteiger partial charge in [0.1, 0.15) is 6.04 Å². The van der Waals surface area contributed by atoms with Gasteiger partial charge in [0.05, 0.1) is 0 Å². The smallest absolute Gasteiger partial charge is 0.326 e. The van der Waals surface area contributed by atoms with Crippen molar-refractivity contribution in [1.82, 2.24) is 10.2 Å². The molecule has 0 aromatic rings. The van der Waals surface area contributed by atoms with Gasteiger partial charge in [-0.05, 0) is 45.4 Å². The van der Waals surface area contributed by atoms with Gasteiger partial charge in [-0.3, -0.25) is 0 Å². The van der Waals surface area contributed by atoms with Gasteiger partial charge < -0.3 is 15.3 Å². The number of likely N-dealkylation sites (tertiary alicyclic amines) is 1. The van der Waals surface area contributed by atoms with Crippen molar-refractivity contribution in [3.05, 3.63) is 0 Å². The van der Waals surface area contributed by atoms with Gasteiger partial charge in [-0.2, -0.15) is 0 Å². The molecule has 3 unspecified atom stereocenters. The zero-order valence-electron chi connectivity index (χ0n) is 12.3. The number of carbonyl (C=O) groups excluding carboxylic acids is 1. The molecule has 0 spiro atoms. The van der Waals surface area contributed by atoms with Crippen LogP contribution in [0.1, 0.15) is 53.4 Å². The van der Waals surface area contributed by atoms with Crippen LogP contribution in [0.15, 0.2) is 0 Å². The molecule has 110 valence electrons. The average Bonchev–Trinajstić information content (AvgIpc) is 2.27. The molecule has 0 aromatic heterocycles. The molecule has 1 rings (SSSR count). The fourth-order valence-corrected chi connectivity index (χ4v) is 2.74. The zero-order valence-corrected chi connectivity index (χ0v) is 12.3. The van der Waals surface area contributed by atoms with Crippen molar-refractivity contribution in [1.29, 1.82) is 0 Å². The van der Waals surface area contributed by atoms with E-state index in [1.165, 1.54) is 0 Å². The molecule has 5 heteroatoms. The summed E-state index contributed by atoms with van der Waals surface area (Å²) in [5.74, 6) is -0.725. The number of carboxylic acid groups (broad SMARTS) is 1. The Morgan fingerprint density at radius 3 is 2.21 bits per heavy atom. The van der Waals surface area contributed by atoms with Gasteiger partial charge in [-0.15, -0.1) is 0 Å². The Balaban J connectivity index is 2.67. The van der Waals surface area contributed by atoms with Crippen LogP contribution in [-0.2, 0) is 4.79 Å². The minimum atomic E-state index is -0.959. The molecule has 0 aromatic carbocycles. The second-order valence-electron chi connectivity index (χ2n) is 6.01. The third-order valence-corrected chi connectivity index (χ3v) is 3.73. The molecule has 1 heterocycles. The van der Waals surface area contributed by atoms with Crippen LogP contribution in [0.2, 0.25) is 0 Å². The minimum Gasteiger partial charge on any atom is -0.480 e. The first-order valence-corrected chi connectivity index (χ1v) is 7.14. The third kappa shape index (κ3) is 4.40. The molecule has 1 fully saturated rings. The Morgan fingerprint density at radius 1 is 1.26 bits per heavy atom. The summed E-state index contributed by atoms with van der Waals surface area (Å²) in [6, 6.07) is -0.684. The second kappa shape index (κ2) is 6.78. The van der Waals surface area contributed by atoms with Gasteiger partial charge in [0, 0.05) is 12.1 Å². The maximum absolute atomic E-state index is 12.3. The molecule has 2 amide bonds. The fraction of sp³-hybridized carbons (Fsp3) is 0.857. The average molecular weight is 270 g/mol. The zero-order chi connectivity index (χ0) is 14.6. The van der Waals surface area contributed by atoms with Crippen molar-refractivity contribution in [2.24, 2.45) is 5.92 Å². The standard InChI is InChI=1S/C14H26N2O3/c1-9(2)8-12(13(17)18)15-14(19)16-10(3)6-5-7-11(16)4/h9-12H,5-8H2,1-4H3,(H,15,19)(H,17,18). The first-order chi connectivity index (χ1) is 8.82. The van der Waals surface area contributed by atoms with Crippen LogP contribution in [0.5, 0.6) is 0 Å². The van der Waals surface area contributed by atoms with E-state index in [0.29, 0.717) is 6.42 Å². The molecule has 1 aliphatic heterocycles. The van der Waals surface area contributed by atoms with E-state index in [0.717, 1.165) is 19.3 Å². The van der Waals surface area contributed by atoms with E-state index in [-0.39, 0.29) is 24.0 Å². The van der Waals surface area contributed by atoms with Crippen molar-refractivity contribution in [2.75, 3.05) is 0 Å². The quantitative estimate of drug-likeness (QED) is 0.824. The van der Waals surface area contributed by atoms with Crippen LogP contribution in [0.3, 0.4) is 0 Å². The maximum Gasteiger partial charge on any atom is 0.326 e. The van der Waals surface area contributed by atoms with Crippen LogP contribution >= 0.6 is 0 Å². The Hall–Kier alpha value is -1.26. The highest BCUT2D eigenvalue weighted by atomic mass is 16.4. The number of hydrogen-bond donors (Lipinski definition) is 2. The molecule has 1 aliphatic rings. The van der Waals surface area contributed by atoms with Gasteiger partial charge >= 0.3 is 12.0 Å². The number of rotatable bonds is 4. The molecule has 2 N–H and O–H groups in total. The lowest BCUT2D eigenvalue weighted by atomic mass is 9.98. The highest BCUT2D eigenvalue weighted by Crippen LogP contribution is 2.22. The normalized spacial score (nSPS) is 25.2. The molecular weight excluding hydrogens is 244 g/mol. The Bertz CT molecular complexity index is 321. The summed E-state index contributed by atoms with van der Waals surface area (Å²) < 4.78 is 0. The molecule has 0 saturated carbocycles. The van der Waals surface area contributed by atoms with Gasteiger partial charge in [-0.25, -0.2) is 9.59 Å². The Kier molecular flexibility index (Phi) is 5.63. The lowest BCUT2D eigenvalue weighted by molar-refractivity contribution is -0.139. The van der Waals surface area contributed by atoms with Gasteiger partial charge in [0.25, 0.3) is 0 Å². The van der Waals surface area contributed by atoms with Crippen LogP contribution in [0.25, 0.3) is 0 Å². The van der Waals surface area contributed by atoms with E-state index < -0.39 is 12.0 Å². The van der Waals surface area contributed by atoms with Crippen molar-refractivity contribution >= 4 is 12.0 Å². The largest absolute Gasteiger partial charge is 0.480 e. The highest BCUT2D eigenvalue weighted by Gasteiger charge is 2.31. The van der Waals surface area contributed by atoms with Gasteiger partial charge in [-0.1, -0.05) is 13.8 Å². The summed E-state index contributed by atoms with van der Waals surface area (Å²) in [5, 5.41) is 11.8. The molecule has 5 nitrogen and oxygen atoms in total. The monoisotopic (exact) mass is 270 g/mol. The van der Waals surface area contributed by atoms with Crippen molar-refractivity contribution in [3.63, 3.8) is 0 Å². The molecule has 19 heavy (non-hydrogen) atoms. The highest BCUT2D eigenvalue weighted by molar-refractivity contribution is 5.82. The molecule has 1 saturated heterocycles. The van der Waals surface area contributed by atoms with Crippen LogP contribution in [0.4, 0.5) is 4.79 Å². The summed E-state index contributed by atoms with van der Waals surface area (Å²) >= 11 is 0. The molecule has 0 bridgehead atoms. The molecule has 3 atom stereocenters. The van der Waals surface area contributed by atoms with E-state index in [1.54, 1.807) is 4.90 Å². The summed E-state index contributed by atoms with van der Waals surface area (Å²) in [6.07, 6.45) is 3.55. The number of piperidine rings is 1. The number of nitrogens with one attached hydrogen (secondary N) is 1. The number of urea groups is 1. The predicted molar refractivity (Wildman–Crippen MR) is 74.0 cm³/mol. The number of carbonyl (C=O) groups is 2. The molecular formula is C14H26N2O3.